The smallest absolute Gasteiger partial charge is 0.387 e. The van der Waals surface area contributed by atoms with Crippen LogP contribution >= 0.6 is 0 Å². The molecule has 1 aromatic carbocycles. The Bertz CT molecular complexity index is 503. The number of benzene rings is 1. The molecule has 16 heavy (non-hydrogen) atoms. The lowest BCUT2D eigenvalue weighted by Gasteiger charge is -2.07. The van der Waals surface area contributed by atoms with E-state index in [1.54, 1.807) is 0 Å². The first kappa shape index (κ1) is 12.7. The summed E-state index contributed by atoms with van der Waals surface area (Å²) in [7, 11) is -4.48. The molecule has 0 amide bonds. The zero-order valence-corrected chi connectivity index (χ0v) is 8.27. The van der Waals surface area contributed by atoms with Crippen LogP contribution in [0.5, 0.6) is 5.75 Å². The van der Waals surface area contributed by atoms with Crippen LogP contribution in [-0.4, -0.2) is 15.0 Å². The molecule has 0 radical (unpaired) electrons. The number of nitrogens with two attached hydrogens (primary N) is 1. The van der Waals surface area contributed by atoms with Gasteiger partial charge in [0.2, 0.25) is 10.0 Å². The van der Waals surface area contributed by atoms with Crippen LogP contribution in [0.3, 0.4) is 0 Å². The van der Waals surface area contributed by atoms with Crippen LogP contribution in [0.4, 0.5) is 17.6 Å². The molecule has 0 aliphatic heterocycles. The fourth-order valence-electron chi connectivity index (χ4n) is 0.915. The highest BCUT2D eigenvalue weighted by molar-refractivity contribution is 7.89. The van der Waals surface area contributed by atoms with E-state index in [9.17, 15) is 26.0 Å². The average Bonchev–Trinajstić information content (AvgIpc) is 2.06. The van der Waals surface area contributed by atoms with Gasteiger partial charge in [-0.1, -0.05) is 0 Å². The molecule has 2 N–H and O–H groups in total. The number of rotatable bonds is 3. The van der Waals surface area contributed by atoms with E-state index in [2.05, 4.69) is 9.88 Å². The van der Waals surface area contributed by atoms with Gasteiger partial charge in [0.25, 0.3) is 0 Å². The minimum Gasteiger partial charge on any atom is -0.432 e. The summed E-state index contributed by atoms with van der Waals surface area (Å²) in [6.07, 6.45) is 0. The van der Waals surface area contributed by atoms with Gasteiger partial charge in [-0.15, -0.1) is 0 Å². The fraction of sp³-hybridized carbons (Fsp3) is 0.143. The zero-order chi connectivity index (χ0) is 12.5. The summed E-state index contributed by atoms with van der Waals surface area (Å²) in [5.41, 5.74) is 0. The maximum Gasteiger partial charge on any atom is 0.387 e. The van der Waals surface area contributed by atoms with Crippen LogP contribution in [0.25, 0.3) is 0 Å². The monoisotopic (exact) mass is 259 g/mol. The van der Waals surface area contributed by atoms with Gasteiger partial charge in [0.15, 0.2) is 11.6 Å². The minimum absolute atomic E-state index is 0.0947. The van der Waals surface area contributed by atoms with Gasteiger partial charge in [-0.25, -0.2) is 22.3 Å². The average molecular weight is 259 g/mol. The van der Waals surface area contributed by atoms with Gasteiger partial charge in [0.1, 0.15) is 10.7 Å². The molecule has 90 valence electrons. The molecule has 0 spiro atoms. The third-order valence-electron chi connectivity index (χ3n) is 1.51. The lowest BCUT2D eigenvalue weighted by molar-refractivity contribution is -0.0524. The summed E-state index contributed by atoms with van der Waals surface area (Å²) < 4.78 is 74.5. The lowest BCUT2D eigenvalue weighted by Crippen LogP contribution is -2.15. The number of sulfonamides is 1. The lowest BCUT2D eigenvalue weighted by atomic mass is 10.3. The van der Waals surface area contributed by atoms with E-state index in [4.69, 9.17) is 0 Å². The van der Waals surface area contributed by atoms with Crippen molar-refractivity contribution in [2.24, 2.45) is 5.14 Å². The van der Waals surface area contributed by atoms with Crippen LogP contribution in [-0.2, 0) is 10.0 Å². The highest BCUT2D eigenvalue weighted by Gasteiger charge is 2.20. The predicted molar refractivity (Wildman–Crippen MR) is 44.4 cm³/mol. The molecule has 4 nitrogen and oxygen atoms in total. The number of hydrogen-bond donors (Lipinski definition) is 1. The van der Waals surface area contributed by atoms with Crippen molar-refractivity contribution in [1.82, 2.24) is 0 Å². The molecular formula is C7H5F4NO3S. The van der Waals surface area contributed by atoms with E-state index >= 15 is 0 Å². The molecular weight excluding hydrogens is 254 g/mol. The fourth-order valence-corrected chi connectivity index (χ4v) is 1.52. The second-order valence-electron chi connectivity index (χ2n) is 2.64. The van der Waals surface area contributed by atoms with E-state index in [0.29, 0.717) is 0 Å². The largest absolute Gasteiger partial charge is 0.432 e. The summed E-state index contributed by atoms with van der Waals surface area (Å²) >= 11 is 0. The molecule has 0 aliphatic rings. The molecule has 1 aromatic rings. The Morgan fingerprint density at radius 3 is 2.19 bits per heavy atom. The quantitative estimate of drug-likeness (QED) is 0.829. The molecule has 0 fully saturated rings. The van der Waals surface area contributed by atoms with Crippen molar-refractivity contribution in [3.8, 4) is 5.75 Å². The molecule has 0 heterocycles. The van der Waals surface area contributed by atoms with Crippen molar-refractivity contribution < 1.29 is 30.7 Å². The number of ether oxygens (including phenoxy) is 1. The number of primary sulfonamides is 1. The van der Waals surface area contributed by atoms with Gasteiger partial charge < -0.3 is 4.74 Å². The van der Waals surface area contributed by atoms with E-state index in [1.165, 1.54) is 0 Å². The standard InChI is InChI=1S/C7H5F4NO3S/c8-3-1-4(9)6(16(12,13)14)2-5(3)15-7(10)11/h1-2,7H,(H2,12,13,14). The molecule has 1 rings (SSSR count). The van der Waals surface area contributed by atoms with E-state index in [1.807, 2.05) is 0 Å². The Morgan fingerprint density at radius 1 is 1.19 bits per heavy atom. The van der Waals surface area contributed by atoms with Gasteiger partial charge >= 0.3 is 6.61 Å². The molecule has 0 aliphatic carbocycles. The molecule has 0 atom stereocenters. The number of halogens is 4. The molecule has 0 bridgehead atoms. The number of alkyl halides is 2. The molecule has 9 heteroatoms. The Hall–Kier alpha value is -1.35. The summed E-state index contributed by atoms with van der Waals surface area (Å²) in [5.74, 6) is -4.03. The van der Waals surface area contributed by atoms with E-state index < -0.39 is 38.9 Å². The van der Waals surface area contributed by atoms with E-state index in [0.717, 1.165) is 0 Å². The number of hydrogen-bond acceptors (Lipinski definition) is 3. The molecule has 0 unspecified atom stereocenters. The predicted octanol–water partition coefficient (Wildman–Crippen LogP) is 1.21. The van der Waals surface area contributed by atoms with Gasteiger partial charge in [0, 0.05) is 12.1 Å². The highest BCUT2D eigenvalue weighted by Crippen LogP contribution is 2.25. The van der Waals surface area contributed by atoms with Crippen molar-refractivity contribution >= 4 is 10.0 Å². The summed E-state index contributed by atoms with van der Waals surface area (Å²) in [6, 6.07) is 0.351. The summed E-state index contributed by atoms with van der Waals surface area (Å²) in [4.78, 5) is -1.12. The summed E-state index contributed by atoms with van der Waals surface area (Å²) in [6.45, 7) is -3.37. The summed E-state index contributed by atoms with van der Waals surface area (Å²) in [5, 5.41) is 4.57. The Labute approximate surface area is 87.7 Å². The third-order valence-corrected chi connectivity index (χ3v) is 2.43. The van der Waals surface area contributed by atoms with Gasteiger partial charge in [-0.3, -0.25) is 0 Å². The van der Waals surface area contributed by atoms with Crippen molar-refractivity contribution in [3.63, 3.8) is 0 Å². The van der Waals surface area contributed by atoms with Crippen molar-refractivity contribution in [3.05, 3.63) is 23.8 Å². The second kappa shape index (κ2) is 4.26. The molecule has 0 saturated carbocycles. The molecule has 0 saturated heterocycles. The first-order valence-electron chi connectivity index (χ1n) is 3.68. The Balaban J connectivity index is 3.33. The van der Waals surface area contributed by atoms with Crippen LogP contribution < -0.4 is 9.88 Å². The van der Waals surface area contributed by atoms with Gasteiger partial charge in [-0.2, -0.15) is 8.78 Å². The topological polar surface area (TPSA) is 69.4 Å². The maximum absolute atomic E-state index is 12.9. The van der Waals surface area contributed by atoms with Gasteiger partial charge in [-0.05, 0) is 0 Å². The third kappa shape index (κ3) is 2.83. The Kier molecular flexibility index (Phi) is 3.38. The first-order chi connectivity index (χ1) is 7.21. The van der Waals surface area contributed by atoms with Crippen LogP contribution in [0, 0.1) is 11.6 Å². The maximum atomic E-state index is 12.9. The first-order valence-corrected chi connectivity index (χ1v) is 5.23. The van der Waals surface area contributed by atoms with E-state index in [-0.39, 0.29) is 12.1 Å². The minimum atomic E-state index is -4.48. The highest BCUT2D eigenvalue weighted by atomic mass is 32.2. The zero-order valence-electron chi connectivity index (χ0n) is 7.45. The van der Waals surface area contributed by atoms with Crippen LogP contribution in [0.1, 0.15) is 0 Å². The Morgan fingerprint density at radius 2 is 1.75 bits per heavy atom. The van der Waals surface area contributed by atoms with Crippen molar-refractivity contribution in [2.75, 3.05) is 0 Å². The normalized spacial score (nSPS) is 11.9. The van der Waals surface area contributed by atoms with Crippen molar-refractivity contribution in [1.29, 1.82) is 0 Å². The van der Waals surface area contributed by atoms with Crippen LogP contribution in [0.15, 0.2) is 17.0 Å². The molecule has 0 aromatic heterocycles. The second-order valence-corrected chi connectivity index (χ2v) is 4.17. The van der Waals surface area contributed by atoms with Gasteiger partial charge in [0.05, 0.1) is 0 Å². The van der Waals surface area contributed by atoms with Crippen molar-refractivity contribution in [2.45, 2.75) is 11.5 Å². The SMILES string of the molecule is NS(=O)(=O)c1cc(OC(F)F)c(F)cc1F. The van der Waals surface area contributed by atoms with Crippen LogP contribution in [0.2, 0.25) is 0 Å².